The first-order valence-corrected chi connectivity index (χ1v) is 15.1. The summed E-state index contributed by atoms with van der Waals surface area (Å²) in [4.78, 5) is 32.9. The number of nitrogens with one attached hydrogen (secondary N) is 1. The van der Waals surface area contributed by atoms with E-state index in [9.17, 15) is 9.59 Å². The van der Waals surface area contributed by atoms with Crippen LogP contribution in [0.2, 0.25) is 0 Å². The maximum atomic E-state index is 12.0. The number of rotatable bonds is 10. The Labute approximate surface area is 244 Å². The van der Waals surface area contributed by atoms with Crippen LogP contribution in [0.4, 0.5) is 0 Å². The molecule has 2 aliphatic heterocycles. The van der Waals surface area contributed by atoms with Gasteiger partial charge < -0.3 is 25.3 Å². The fourth-order valence-electron chi connectivity index (χ4n) is 6.13. The monoisotopic (exact) mass is 561 g/mol. The molecule has 0 aliphatic carbocycles. The van der Waals surface area contributed by atoms with Gasteiger partial charge in [-0.2, -0.15) is 0 Å². The number of piperidine rings is 2. The highest BCUT2D eigenvalue weighted by Gasteiger charge is 2.25. The zero-order valence-corrected chi connectivity index (χ0v) is 24.8. The summed E-state index contributed by atoms with van der Waals surface area (Å²) in [7, 11) is 1.66. The van der Waals surface area contributed by atoms with Crippen molar-refractivity contribution in [1.29, 1.82) is 0 Å². The van der Waals surface area contributed by atoms with E-state index >= 15 is 0 Å². The summed E-state index contributed by atoms with van der Waals surface area (Å²) in [5.74, 6) is 0.714. The lowest BCUT2D eigenvalue weighted by Gasteiger charge is -2.39. The molecule has 2 amide bonds. The van der Waals surface area contributed by atoms with Gasteiger partial charge in [0.1, 0.15) is 5.75 Å². The lowest BCUT2D eigenvalue weighted by Crippen LogP contribution is -2.48. The van der Waals surface area contributed by atoms with Crippen LogP contribution in [-0.2, 0) is 22.6 Å². The van der Waals surface area contributed by atoms with Crippen LogP contribution >= 0.6 is 0 Å². The normalized spacial score (nSPS) is 16.6. The number of aromatic nitrogens is 1. The van der Waals surface area contributed by atoms with Crippen LogP contribution in [0.15, 0.2) is 54.7 Å². The third-order valence-corrected chi connectivity index (χ3v) is 8.39. The van der Waals surface area contributed by atoms with Gasteiger partial charge in [0.25, 0.3) is 0 Å². The Morgan fingerprint density at radius 1 is 0.976 bits per heavy atom. The highest BCUT2D eigenvalue weighted by Crippen LogP contribution is 2.22. The number of aryl methyl sites for hydroxylation is 1. The van der Waals surface area contributed by atoms with Crippen molar-refractivity contribution in [2.75, 3.05) is 46.4 Å². The number of methoxy groups -OCH3 is 1. The van der Waals surface area contributed by atoms with E-state index in [4.69, 9.17) is 10.5 Å². The number of carbonyl (C=O) groups excluding carboxylic acids is 2. The Morgan fingerprint density at radius 3 is 2.39 bits per heavy atom. The average Bonchev–Trinajstić information content (AvgIpc) is 3.41. The molecule has 3 N–H and O–H groups in total. The molecule has 3 heterocycles. The molecule has 2 fully saturated rings. The zero-order chi connectivity index (χ0) is 29.0. The summed E-state index contributed by atoms with van der Waals surface area (Å²) in [6.45, 7) is 7.99. The van der Waals surface area contributed by atoms with Gasteiger partial charge in [-0.3, -0.25) is 14.5 Å². The SMILES string of the molecule is COc1ccccc1CN(CCCc1c[nH]c2ccccc12)C(C)=O.NC(=O)CN1CCC(N2CCCCC2)CC1. The van der Waals surface area contributed by atoms with Crippen molar-refractivity contribution in [2.45, 2.75) is 64.5 Å². The van der Waals surface area contributed by atoms with Gasteiger partial charge >= 0.3 is 0 Å². The van der Waals surface area contributed by atoms with E-state index < -0.39 is 0 Å². The minimum Gasteiger partial charge on any atom is -0.496 e. The first kappa shape index (κ1) is 30.6. The third kappa shape index (κ3) is 9.07. The molecule has 2 aromatic carbocycles. The molecular weight excluding hydrogens is 514 g/mol. The van der Waals surface area contributed by atoms with Crippen molar-refractivity contribution in [2.24, 2.45) is 5.73 Å². The van der Waals surface area contributed by atoms with Gasteiger partial charge in [0.2, 0.25) is 11.8 Å². The van der Waals surface area contributed by atoms with Crippen molar-refractivity contribution >= 4 is 22.7 Å². The number of aromatic amines is 1. The molecule has 5 rings (SSSR count). The number of ether oxygens (including phenoxy) is 1. The van der Waals surface area contributed by atoms with Crippen molar-refractivity contribution in [3.63, 3.8) is 0 Å². The Kier molecular flexibility index (Phi) is 11.6. The molecule has 8 nitrogen and oxygen atoms in total. The highest BCUT2D eigenvalue weighted by molar-refractivity contribution is 5.83. The van der Waals surface area contributed by atoms with Crippen LogP contribution in [0.5, 0.6) is 5.75 Å². The molecule has 0 spiro atoms. The van der Waals surface area contributed by atoms with Gasteiger partial charge in [-0.25, -0.2) is 0 Å². The van der Waals surface area contributed by atoms with E-state index in [1.807, 2.05) is 35.2 Å². The van der Waals surface area contributed by atoms with Gasteiger partial charge in [0.15, 0.2) is 0 Å². The quantitative estimate of drug-likeness (QED) is 0.378. The number of benzene rings is 2. The smallest absolute Gasteiger partial charge is 0.231 e. The molecule has 0 radical (unpaired) electrons. The molecule has 0 unspecified atom stereocenters. The van der Waals surface area contributed by atoms with Gasteiger partial charge in [-0.15, -0.1) is 0 Å². The number of nitrogens with two attached hydrogens (primary N) is 1. The lowest BCUT2D eigenvalue weighted by molar-refractivity contribution is -0.129. The minimum atomic E-state index is -0.198. The van der Waals surface area contributed by atoms with Crippen molar-refractivity contribution in [1.82, 2.24) is 19.7 Å². The van der Waals surface area contributed by atoms with E-state index in [0.29, 0.717) is 13.1 Å². The van der Waals surface area contributed by atoms with Crippen LogP contribution in [0.25, 0.3) is 10.9 Å². The van der Waals surface area contributed by atoms with Crippen LogP contribution in [-0.4, -0.2) is 83.9 Å². The first-order valence-electron chi connectivity index (χ1n) is 15.1. The van der Waals surface area contributed by atoms with Gasteiger partial charge in [-0.05, 0) is 69.3 Å². The van der Waals surface area contributed by atoms with Gasteiger partial charge in [0.05, 0.1) is 13.7 Å². The summed E-state index contributed by atoms with van der Waals surface area (Å²) in [5.41, 5.74) is 8.71. The molecule has 2 saturated heterocycles. The molecule has 222 valence electrons. The number of H-pyrrole nitrogens is 1. The second-order valence-electron chi connectivity index (χ2n) is 11.3. The summed E-state index contributed by atoms with van der Waals surface area (Å²) in [6.07, 6.45) is 10.5. The third-order valence-electron chi connectivity index (χ3n) is 8.39. The number of primary amides is 1. The number of hydrogen-bond acceptors (Lipinski definition) is 5. The highest BCUT2D eigenvalue weighted by atomic mass is 16.5. The van der Waals surface area contributed by atoms with E-state index in [2.05, 4.69) is 39.2 Å². The predicted molar refractivity (Wildman–Crippen MR) is 165 cm³/mol. The second-order valence-corrected chi connectivity index (χ2v) is 11.3. The van der Waals surface area contributed by atoms with Gasteiger partial charge in [0, 0.05) is 61.8 Å². The average molecular weight is 562 g/mol. The minimum absolute atomic E-state index is 0.0878. The maximum absolute atomic E-state index is 12.0. The molecule has 8 heteroatoms. The summed E-state index contributed by atoms with van der Waals surface area (Å²) in [6, 6.07) is 16.9. The summed E-state index contributed by atoms with van der Waals surface area (Å²) < 4.78 is 5.40. The number of carbonyl (C=O) groups is 2. The number of hydrogen-bond donors (Lipinski definition) is 2. The Balaban J connectivity index is 0.000000208. The van der Waals surface area contributed by atoms with Gasteiger partial charge in [-0.1, -0.05) is 42.8 Å². The van der Waals surface area contributed by atoms with Crippen LogP contribution < -0.4 is 10.5 Å². The van der Waals surface area contributed by atoms with E-state index in [0.717, 1.165) is 55.3 Å². The second kappa shape index (κ2) is 15.6. The maximum Gasteiger partial charge on any atom is 0.231 e. The molecule has 41 heavy (non-hydrogen) atoms. The molecule has 1 aromatic heterocycles. The number of para-hydroxylation sites is 2. The van der Waals surface area contributed by atoms with Crippen LogP contribution in [0, 0.1) is 0 Å². The molecular formula is C33H47N5O3. The number of amides is 2. The number of likely N-dealkylation sites (tertiary alicyclic amines) is 2. The van der Waals surface area contributed by atoms with Crippen molar-refractivity contribution in [3.05, 3.63) is 65.9 Å². The van der Waals surface area contributed by atoms with Crippen LogP contribution in [0.1, 0.15) is 56.6 Å². The largest absolute Gasteiger partial charge is 0.496 e. The standard InChI is InChI=1S/C21H24N2O2.C12H23N3O/c1-16(24)23(15-18-8-3-6-12-21(18)25-2)13-7-9-17-14-22-20-11-5-4-10-19(17)20;13-12(16)10-14-8-4-11(5-9-14)15-6-2-1-3-7-15/h3-6,8,10-12,14,22H,7,9,13,15H2,1-2H3;11H,1-10H2,(H2,13,16). The molecule has 3 aromatic rings. The zero-order valence-electron chi connectivity index (χ0n) is 24.8. The van der Waals surface area contributed by atoms with E-state index in [1.165, 1.54) is 56.1 Å². The first-order chi connectivity index (χ1) is 19.9. The Morgan fingerprint density at radius 2 is 1.68 bits per heavy atom. The molecule has 0 saturated carbocycles. The van der Waals surface area contributed by atoms with E-state index in [1.54, 1.807) is 14.0 Å². The fourth-order valence-corrected chi connectivity index (χ4v) is 6.13. The Hall–Kier alpha value is -3.36. The van der Waals surface area contributed by atoms with Crippen molar-refractivity contribution < 1.29 is 14.3 Å². The number of fused-ring (bicyclic) bond motifs is 1. The summed E-state index contributed by atoms with van der Waals surface area (Å²) in [5, 5.41) is 1.27. The fraction of sp³-hybridized carbons (Fsp3) is 0.515. The predicted octanol–water partition coefficient (Wildman–Crippen LogP) is 4.58. The lowest BCUT2D eigenvalue weighted by atomic mass is 10.00. The molecule has 0 bridgehead atoms. The summed E-state index contributed by atoms with van der Waals surface area (Å²) >= 11 is 0. The van der Waals surface area contributed by atoms with E-state index in [-0.39, 0.29) is 11.8 Å². The topological polar surface area (TPSA) is 94.9 Å². The number of nitrogens with zero attached hydrogens (tertiary/aromatic N) is 3. The Bertz CT molecular complexity index is 1240. The molecule has 2 aliphatic rings. The van der Waals surface area contributed by atoms with Crippen molar-refractivity contribution in [3.8, 4) is 5.75 Å². The van der Waals surface area contributed by atoms with Crippen LogP contribution in [0.3, 0.4) is 0 Å². The molecule has 0 atom stereocenters.